The largest absolute Gasteiger partial charge is 0.381 e. The summed E-state index contributed by atoms with van der Waals surface area (Å²) < 4.78 is 5.22. The van der Waals surface area contributed by atoms with Gasteiger partial charge >= 0.3 is 0 Å². The van der Waals surface area contributed by atoms with Gasteiger partial charge in [-0.15, -0.1) is 0 Å². The quantitative estimate of drug-likeness (QED) is 0.681. The molecule has 2 fully saturated rings. The van der Waals surface area contributed by atoms with Crippen LogP contribution in [0.5, 0.6) is 0 Å². The van der Waals surface area contributed by atoms with Crippen molar-refractivity contribution in [1.82, 2.24) is 5.32 Å². The Balaban J connectivity index is 1.72. The minimum atomic E-state index is 0.168. The molecule has 0 aromatic rings. The zero-order valence-corrected chi connectivity index (χ0v) is 7.89. The van der Waals surface area contributed by atoms with Crippen LogP contribution in [0.4, 0.5) is 0 Å². The topological polar surface area (TPSA) is 38.3 Å². The van der Waals surface area contributed by atoms with Crippen molar-refractivity contribution in [3.8, 4) is 0 Å². The number of ether oxygens (including phenoxy) is 1. The van der Waals surface area contributed by atoms with Crippen LogP contribution in [0.25, 0.3) is 0 Å². The fourth-order valence-electron chi connectivity index (χ4n) is 1.81. The highest BCUT2D eigenvalue weighted by Gasteiger charge is 2.54. The normalized spacial score (nSPS) is 37.6. The number of amides is 1. The fraction of sp³-hybridized carbons (Fsp3) is 0.875. The van der Waals surface area contributed by atoms with Crippen LogP contribution >= 0.6 is 11.8 Å². The molecule has 0 spiro atoms. The second-order valence-corrected chi connectivity index (χ2v) is 4.26. The van der Waals surface area contributed by atoms with E-state index in [1.54, 1.807) is 11.8 Å². The third kappa shape index (κ3) is 1.45. The van der Waals surface area contributed by atoms with E-state index in [1.807, 2.05) is 6.26 Å². The van der Waals surface area contributed by atoms with E-state index in [9.17, 15) is 4.79 Å². The molecule has 1 saturated heterocycles. The lowest BCUT2D eigenvalue weighted by atomic mass is 10.4. The van der Waals surface area contributed by atoms with Crippen molar-refractivity contribution in [1.29, 1.82) is 0 Å². The zero-order chi connectivity index (χ0) is 8.55. The van der Waals surface area contributed by atoms with E-state index in [4.69, 9.17) is 4.74 Å². The van der Waals surface area contributed by atoms with Crippen LogP contribution in [-0.4, -0.2) is 37.2 Å². The highest BCUT2D eigenvalue weighted by atomic mass is 32.2. The molecular weight excluding hydrogens is 174 g/mol. The number of thioether (sulfide) groups is 1. The van der Waals surface area contributed by atoms with Crippen molar-refractivity contribution in [3.63, 3.8) is 0 Å². The van der Waals surface area contributed by atoms with Crippen LogP contribution in [-0.2, 0) is 9.53 Å². The summed E-state index contributed by atoms with van der Waals surface area (Å²) in [6, 6.07) is 0.429. The fourth-order valence-corrected chi connectivity index (χ4v) is 2.16. The Hall–Kier alpha value is -0.220. The zero-order valence-electron chi connectivity index (χ0n) is 7.08. The predicted octanol–water partition coefficient (Wildman–Crippen LogP) is 0.110. The number of nitrogens with one attached hydrogen (secondary N) is 1. The Bertz CT molecular complexity index is 187. The van der Waals surface area contributed by atoms with Crippen LogP contribution in [0.2, 0.25) is 0 Å². The molecular formula is C8H13NO2S. The SMILES string of the molecule is CSCC(=O)NC1[C@H]2COC[C@@H]12. The monoisotopic (exact) mass is 187 g/mol. The second kappa shape index (κ2) is 3.26. The van der Waals surface area contributed by atoms with Gasteiger partial charge in [0, 0.05) is 17.9 Å². The van der Waals surface area contributed by atoms with Gasteiger partial charge in [-0.2, -0.15) is 11.8 Å². The molecule has 0 bridgehead atoms. The van der Waals surface area contributed by atoms with Crippen LogP contribution < -0.4 is 5.32 Å². The van der Waals surface area contributed by atoms with Crippen LogP contribution in [0.1, 0.15) is 0 Å². The summed E-state index contributed by atoms with van der Waals surface area (Å²) in [5, 5.41) is 3.02. The van der Waals surface area contributed by atoms with Crippen molar-refractivity contribution in [2.24, 2.45) is 11.8 Å². The molecule has 1 amide bonds. The molecule has 1 saturated carbocycles. The van der Waals surface area contributed by atoms with Crippen molar-refractivity contribution >= 4 is 17.7 Å². The molecule has 1 unspecified atom stereocenters. The Morgan fingerprint density at radius 2 is 2.25 bits per heavy atom. The Kier molecular flexibility index (Phi) is 2.28. The van der Waals surface area contributed by atoms with Crippen molar-refractivity contribution < 1.29 is 9.53 Å². The molecule has 1 N–H and O–H groups in total. The van der Waals surface area contributed by atoms with Gasteiger partial charge in [-0.25, -0.2) is 0 Å². The maximum Gasteiger partial charge on any atom is 0.230 e. The highest BCUT2D eigenvalue weighted by molar-refractivity contribution is 7.99. The first-order chi connectivity index (χ1) is 5.83. The van der Waals surface area contributed by atoms with E-state index in [-0.39, 0.29) is 5.91 Å². The minimum Gasteiger partial charge on any atom is -0.381 e. The van der Waals surface area contributed by atoms with E-state index >= 15 is 0 Å². The van der Waals surface area contributed by atoms with Crippen LogP contribution in [0, 0.1) is 11.8 Å². The first kappa shape index (κ1) is 8.38. The average Bonchev–Trinajstić information content (AvgIpc) is 2.51. The third-order valence-corrected chi connectivity index (χ3v) is 3.11. The van der Waals surface area contributed by atoms with Gasteiger partial charge in [0.15, 0.2) is 0 Å². The summed E-state index contributed by atoms with van der Waals surface area (Å²) in [5.41, 5.74) is 0. The molecule has 12 heavy (non-hydrogen) atoms. The first-order valence-corrected chi connectivity index (χ1v) is 5.58. The van der Waals surface area contributed by atoms with Gasteiger partial charge in [0.2, 0.25) is 5.91 Å². The summed E-state index contributed by atoms with van der Waals surface area (Å²) in [6.07, 6.45) is 1.94. The maximum absolute atomic E-state index is 11.2. The van der Waals surface area contributed by atoms with E-state index in [2.05, 4.69) is 5.32 Å². The number of hydrogen-bond acceptors (Lipinski definition) is 3. The van der Waals surface area contributed by atoms with Gasteiger partial charge in [0.25, 0.3) is 0 Å². The molecule has 2 rings (SSSR count). The van der Waals surface area contributed by atoms with E-state index in [0.29, 0.717) is 23.6 Å². The highest BCUT2D eigenvalue weighted by Crippen LogP contribution is 2.43. The van der Waals surface area contributed by atoms with Gasteiger partial charge in [-0.05, 0) is 6.26 Å². The summed E-state index contributed by atoms with van der Waals surface area (Å²) in [6.45, 7) is 1.68. The van der Waals surface area contributed by atoms with Gasteiger partial charge in [0.05, 0.1) is 19.0 Å². The molecule has 0 radical (unpaired) electrons. The molecule has 68 valence electrons. The Labute approximate surface area is 76.2 Å². The lowest BCUT2D eigenvalue weighted by molar-refractivity contribution is -0.118. The molecule has 3 nitrogen and oxygen atoms in total. The van der Waals surface area contributed by atoms with Gasteiger partial charge < -0.3 is 10.1 Å². The number of carbonyl (C=O) groups excluding carboxylic acids is 1. The molecule has 2 aliphatic rings. The van der Waals surface area contributed by atoms with Crippen LogP contribution in [0.3, 0.4) is 0 Å². The van der Waals surface area contributed by atoms with Crippen LogP contribution in [0.15, 0.2) is 0 Å². The number of rotatable bonds is 3. The summed E-state index contributed by atoms with van der Waals surface area (Å²) >= 11 is 1.56. The number of fused-ring (bicyclic) bond motifs is 1. The number of carbonyl (C=O) groups is 1. The molecule has 0 aromatic carbocycles. The van der Waals surface area contributed by atoms with E-state index in [1.165, 1.54) is 0 Å². The molecule has 1 aliphatic carbocycles. The molecule has 1 aliphatic heterocycles. The van der Waals surface area contributed by atoms with Crippen molar-refractivity contribution in [2.45, 2.75) is 6.04 Å². The molecule has 1 heterocycles. The first-order valence-electron chi connectivity index (χ1n) is 4.19. The van der Waals surface area contributed by atoms with Crippen molar-refractivity contribution in [3.05, 3.63) is 0 Å². The van der Waals surface area contributed by atoms with Gasteiger partial charge in [0.1, 0.15) is 0 Å². The summed E-state index contributed by atoms with van der Waals surface area (Å²) in [7, 11) is 0. The maximum atomic E-state index is 11.2. The Morgan fingerprint density at radius 1 is 1.58 bits per heavy atom. The molecule has 4 heteroatoms. The number of hydrogen-bond donors (Lipinski definition) is 1. The summed E-state index contributed by atoms with van der Waals surface area (Å²) in [5.74, 6) is 1.99. The standard InChI is InChI=1S/C8H13NO2S/c1-12-4-7(10)9-8-5-2-11-3-6(5)8/h5-6,8H,2-4H2,1H3,(H,9,10)/t5-,6+,8?. The Morgan fingerprint density at radius 3 is 2.83 bits per heavy atom. The predicted molar refractivity (Wildman–Crippen MR) is 48.1 cm³/mol. The molecule has 0 aromatic heterocycles. The second-order valence-electron chi connectivity index (χ2n) is 3.39. The van der Waals surface area contributed by atoms with E-state index in [0.717, 1.165) is 13.2 Å². The smallest absolute Gasteiger partial charge is 0.230 e. The summed E-state index contributed by atoms with van der Waals surface area (Å²) in [4.78, 5) is 11.2. The third-order valence-electron chi connectivity index (χ3n) is 2.56. The average molecular weight is 187 g/mol. The van der Waals surface area contributed by atoms with Gasteiger partial charge in [-0.3, -0.25) is 4.79 Å². The van der Waals surface area contributed by atoms with Crippen molar-refractivity contribution in [2.75, 3.05) is 25.2 Å². The van der Waals surface area contributed by atoms with E-state index < -0.39 is 0 Å². The minimum absolute atomic E-state index is 0.168. The lowest BCUT2D eigenvalue weighted by Gasteiger charge is -2.05. The van der Waals surface area contributed by atoms with Gasteiger partial charge in [-0.1, -0.05) is 0 Å². The molecule has 3 atom stereocenters. The lowest BCUT2D eigenvalue weighted by Crippen LogP contribution is -2.31.